The molecule has 1 aromatic carbocycles. The molecule has 2 heterocycles. The number of thiophene rings is 1. The molecule has 25 heavy (non-hydrogen) atoms. The second kappa shape index (κ2) is 7.70. The fraction of sp³-hybridized carbons (Fsp3) is 0.368. The Morgan fingerprint density at radius 2 is 1.88 bits per heavy atom. The Labute approximate surface area is 151 Å². The summed E-state index contributed by atoms with van der Waals surface area (Å²) in [6.45, 7) is 4.15. The normalized spacial score (nSPS) is 15.2. The van der Waals surface area contributed by atoms with Crippen molar-refractivity contribution >= 4 is 23.2 Å². The molecule has 0 saturated carbocycles. The zero-order valence-electron chi connectivity index (χ0n) is 14.5. The average Bonchev–Trinajstić information content (AvgIpc) is 2.98. The number of aryl methyl sites for hydroxylation is 1. The second-order valence-electron chi connectivity index (χ2n) is 6.12. The first-order chi connectivity index (χ1) is 12.1. The summed E-state index contributed by atoms with van der Waals surface area (Å²) < 4.78 is 5.16. The van der Waals surface area contributed by atoms with Crippen molar-refractivity contribution in [2.75, 3.05) is 26.7 Å². The van der Waals surface area contributed by atoms with Crippen LogP contribution in [0.25, 0.3) is 0 Å². The lowest BCUT2D eigenvalue weighted by atomic mass is 10.2. The molecule has 6 heteroatoms. The van der Waals surface area contributed by atoms with Crippen LogP contribution < -0.4 is 4.74 Å². The Kier molecular flexibility index (Phi) is 5.38. The molecule has 2 aromatic rings. The lowest BCUT2D eigenvalue weighted by molar-refractivity contribution is -0.130. The van der Waals surface area contributed by atoms with E-state index < -0.39 is 0 Å². The lowest BCUT2D eigenvalue weighted by Crippen LogP contribution is -2.35. The monoisotopic (exact) mass is 358 g/mol. The third-order valence-corrected chi connectivity index (χ3v) is 5.35. The van der Waals surface area contributed by atoms with E-state index in [0.29, 0.717) is 32.6 Å². The van der Waals surface area contributed by atoms with Crippen molar-refractivity contribution in [2.45, 2.75) is 19.9 Å². The van der Waals surface area contributed by atoms with Gasteiger partial charge in [-0.05, 0) is 36.8 Å². The SMILES string of the molecule is COc1ccc(CN2CCN(C(=O)c3ccc(C)s3)CCC2=O)cc1. The van der Waals surface area contributed by atoms with Crippen LogP contribution in [0.4, 0.5) is 0 Å². The number of nitrogens with zero attached hydrogens (tertiary/aromatic N) is 2. The maximum atomic E-state index is 12.6. The third kappa shape index (κ3) is 4.20. The lowest BCUT2D eigenvalue weighted by Gasteiger charge is -2.22. The summed E-state index contributed by atoms with van der Waals surface area (Å²) in [6, 6.07) is 11.5. The van der Waals surface area contributed by atoms with Gasteiger partial charge < -0.3 is 14.5 Å². The van der Waals surface area contributed by atoms with Crippen molar-refractivity contribution in [2.24, 2.45) is 0 Å². The fourth-order valence-corrected chi connectivity index (χ4v) is 3.73. The maximum absolute atomic E-state index is 12.6. The zero-order valence-corrected chi connectivity index (χ0v) is 15.3. The van der Waals surface area contributed by atoms with E-state index in [9.17, 15) is 9.59 Å². The smallest absolute Gasteiger partial charge is 0.264 e. The highest BCUT2D eigenvalue weighted by atomic mass is 32.1. The van der Waals surface area contributed by atoms with Gasteiger partial charge in [0.05, 0.1) is 12.0 Å². The number of carbonyl (C=O) groups is 2. The van der Waals surface area contributed by atoms with E-state index in [0.717, 1.165) is 21.1 Å². The molecule has 1 aliphatic heterocycles. The van der Waals surface area contributed by atoms with E-state index in [-0.39, 0.29) is 11.8 Å². The highest BCUT2D eigenvalue weighted by Gasteiger charge is 2.25. The van der Waals surface area contributed by atoms with Gasteiger partial charge in [0.2, 0.25) is 5.91 Å². The van der Waals surface area contributed by atoms with Crippen molar-refractivity contribution in [3.63, 3.8) is 0 Å². The van der Waals surface area contributed by atoms with E-state index in [4.69, 9.17) is 4.74 Å². The first-order valence-electron chi connectivity index (χ1n) is 8.33. The van der Waals surface area contributed by atoms with Crippen molar-refractivity contribution < 1.29 is 14.3 Å². The van der Waals surface area contributed by atoms with Gasteiger partial charge in [-0.3, -0.25) is 9.59 Å². The molecular weight excluding hydrogens is 336 g/mol. The van der Waals surface area contributed by atoms with E-state index in [1.54, 1.807) is 12.0 Å². The van der Waals surface area contributed by atoms with Gasteiger partial charge in [-0.15, -0.1) is 11.3 Å². The molecule has 1 aliphatic rings. The predicted molar refractivity (Wildman–Crippen MR) is 98.0 cm³/mol. The van der Waals surface area contributed by atoms with Crippen LogP contribution in [0.2, 0.25) is 0 Å². The number of hydrogen-bond acceptors (Lipinski definition) is 4. The van der Waals surface area contributed by atoms with Crippen molar-refractivity contribution in [3.8, 4) is 5.75 Å². The van der Waals surface area contributed by atoms with Crippen LogP contribution in [0.3, 0.4) is 0 Å². The molecule has 0 atom stereocenters. The van der Waals surface area contributed by atoms with Gasteiger partial charge in [-0.2, -0.15) is 0 Å². The summed E-state index contributed by atoms with van der Waals surface area (Å²) in [4.78, 5) is 30.5. The number of methoxy groups -OCH3 is 1. The van der Waals surface area contributed by atoms with Crippen LogP contribution in [0.15, 0.2) is 36.4 Å². The summed E-state index contributed by atoms with van der Waals surface area (Å²) in [5.41, 5.74) is 1.06. The van der Waals surface area contributed by atoms with E-state index in [1.165, 1.54) is 11.3 Å². The quantitative estimate of drug-likeness (QED) is 0.844. The molecule has 132 valence electrons. The molecule has 1 aromatic heterocycles. The summed E-state index contributed by atoms with van der Waals surface area (Å²) >= 11 is 1.50. The van der Waals surface area contributed by atoms with E-state index in [2.05, 4.69) is 0 Å². The standard InChI is InChI=1S/C19H22N2O3S/c1-14-3-8-17(25-14)19(23)20-10-9-18(22)21(12-11-20)13-15-4-6-16(24-2)7-5-15/h3-8H,9-13H2,1-2H3. The molecule has 1 fully saturated rings. The summed E-state index contributed by atoms with van der Waals surface area (Å²) in [5.74, 6) is 0.916. The van der Waals surface area contributed by atoms with Gasteiger partial charge in [-0.1, -0.05) is 12.1 Å². The number of ether oxygens (including phenoxy) is 1. The van der Waals surface area contributed by atoms with Gasteiger partial charge in [-0.25, -0.2) is 0 Å². The molecule has 1 saturated heterocycles. The molecule has 0 N–H and O–H groups in total. The Balaban J connectivity index is 1.64. The van der Waals surface area contributed by atoms with Crippen LogP contribution >= 0.6 is 11.3 Å². The Bertz CT molecular complexity index is 754. The highest BCUT2D eigenvalue weighted by Crippen LogP contribution is 2.19. The summed E-state index contributed by atoms with van der Waals surface area (Å²) in [6.07, 6.45) is 0.367. The molecule has 0 aliphatic carbocycles. The largest absolute Gasteiger partial charge is 0.497 e. The summed E-state index contributed by atoms with van der Waals surface area (Å²) in [7, 11) is 1.63. The number of carbonyl (C=O) groups excluding carboxylic acids is 2. The minimum atomic E-state index is 0.0252. The first kappa shape index (κ1) is 17.5. The van der Waals surface area contributed by atoms with Crippen LogP contribution in [0.1, 0.15) is 26.5 Å². The van der Waals surface area contributed by atoms with Crippen molar-refractivity contribution in [1.29, 1.82) is 0 Å². The number of amides is 2. The van der Waals surface area contributed by atoms with Crippen LogP contribution in [-0.4, -0.2) is 48.4 Å². The van der Waals surface area contributed by atoms with Crippen LogP contribution in [0.5, 0.6) is 5.75 Å². The molecule has 0 spiro atoms. The topological polar surface area (TPSA) is 49.9 Å². The number of benzene rings is 1. The molecule has 0 bridgehead atoms. The van der Waals surface area contributed by atoms with Crippen LogP contribution in [0, 0.1) is 6.92 Å². The maximum Gasteiger partial charge on any atom is 0.264 e. The third-order valence-electron chi connectivity index (χ3n) is 4.36. The van der Waals surface area contributed by atoms with Gasteiger partial charge in [0.1, 0.15) is 5.75 Å². The second-order valence-corrected chi connectivity index (χ2v) is 7.40. The van der Waals surface area contributed by atoms with E-state index >= 15 is 0 Å². The van der Waals surface area contributed by atoms with Gasteiger partial charge >= 0.3 is 0 Å². The summed E-state index contributed by atoms with van der Waals surface area (Å²) in [5, 5.41) is 0. The van der Waals surface area contributed by atoms with Gasteiger partial charge in [0.25, 0.3) is 5.91 Å². The first-order valence-corrected chi connectivity index (χ1v) is 9.15. The number of rotatable bonds is 4. The Morgan fingerprint density at radius 1 is 1.12 bits per heavy atom. The Morgan fingerprint density at radius 3 is 2.52 bits per heavy atom. The zero-order chi connectivity index (χ0) is 17.8. The van der Waals surface area contributed by atoms with Crippen molar-refractivity contribution in [3.05, 3.63) is 51.7 Å². The van der Waals surface area contributed by atoms with Gasteiger partial charge in [0.15, 0.2) is 0 Å². The predicted octanol–water partition coefficient (Wildman–Crippen LogP) is 2.94. The average molecular weight is 358 g/mol. The molecule has 0 unspecified atom stereocenters. The minimum Gasteiger partial charge on any atom is -0.497 e. The van der Waals surface area contributed by atoms with Gasteiger partial charge in [0, 0.05) is 37.5 Å². The fourth-order valence-electron chi connectivity index (χ4n) is 2.89. The number of hydrogen-bond donors (Lipinski definition) is 0. The molecule has 2 amide bonds. The molecular formula is C19H22N2O3S. The minimum absolute atomic E-state index is 0.0252. The molecule has 3 rings (SSSR count). The molecule has 5 nitrogen and oxygen atoms in total. The van der Waals surface area contributed by atoms with Crippen LogP contribution in [-0.2, 0) is 11.3 Å². The van der Waals surface area contributed by atoms with Crippen molar-refractivity contribution in [1.82, 2.24) is 9.80 Å². The van der Waals surface area contributed by atoms with E-state index in [1.807, 2.05) is 48.2 Å². The highest BCUT2D eigenvalue weighted by molar-refractivity contribution is 7.13. The Hall–Kier alpha value is -2.34. The molecule has 0 radical (unpaired) electrons.